The third-order valence-electron chi connectivity index (χ3n) is 7.62. The summed E-state index contributed by atoms with van der Waals surface area (Å²) in [5.74, 6) is 2.52. The van der Waals surface area contributed by atoms with E-state index < -0.39 is 10.0 Å². The zero-order valence-electron chi connectivity index (χ0n) is 26.5. The van der Waals surface area contributed by atoms with Crippen LogP contribution >= 0.6 is 0 Å². The van der Waals surface area contributed by atoms with E-state index in [1.807, 2.05) is 19.1 Å². The Kier molecular flexibility index (Phi) is 11.0. The van der Waals surface area contributed by atoms with Crippen molar-refractivity contribution in [3.05, 3.63) is 63.8 Å². The third-order valence-corrected chi connectivity index (χ3v) is 9.48. The van der Waals surface area contributed by atoms with Crippen molar-refractivity contribution >= 4 is 15.5 Å². The number of sulfonamides is 1. The van der Waals surface area contributed by atoms with E-state index in [1.165, 1.54) is 22.9 Å². The summed E-state index contributed by atoms with van der Waals surface area (Å²) in [6, 6.07) is 10.1. The number of H-pyrrole nitrogens is 1. The van der Waals surface area contributed by atoms with Crippen molar-refractivity contribution in [3.63, 3.8) is 0 Å². The van der Waals surface area contributed by atoms with Gasteiger partial charge in [0, 0.05) is 20.0 Å². The van der Waals surface area contributed by atoms with Crippen molar-refractivity contribution in [2.75, 3.05) is 34.4 Å². The Balaban J connectivity index is 1.65. The van der Waals surface area contributed by atoms with Crippen molar-refractivity contribution in [1.82, 2.24) is 23.9 Å². The molecule has 0 saturated carbocycles. The Labute approximate surface area is 259 Å². The molecule has 238 valence electrons. The number of hydrogen-bond donors (Lipinski definition) is 1. The van der Waals surface area contributed by atoms with Crippen molar-refractivity contribution in [2.24, 2.45) is 0 Å². The molecule has 0 saturated heterocycles. The zero-order valence-corrected chi connectivity index (χ0v) is 27.3. The van der Waals surface area contributed by atoms with Gasteiger partial charge in [0.05, 0.1) is 37.0 Å². The monoisotopic (exact) mass is 625 g/mol. The van der Waals surface area contributed by atoms with Gasteiger partial charge in [0.1, 0.15) is 11.6 Å². The molecule has 0 aliphatic heterocycles. The highest BCUT2D eigenvalue weighted by molar-refractivity contribution is 7.89. The number of fused-ring (bicyclic) bond motifs is 1. The van der Waals surface area contributed by atoms with Crippen LogP contribution in [0.1, 0.15) is 63.0 Å². The fraction of sp³-hybridized carbons (Fsp3) is 0.469. The number of nitrogens with one attached hydrogen (secondary N) is 1. The molecule has 0 radical (unpaired) electrons. The SMILES string of the molecule is CCCCCCCc1nc(C)c2c(=O)[nH]c(-c3cc(S(=O)(=O)N(C)CCc4ccc(OC)c(OC)c4)ccc3OCC)nn12. The van der Waals surface area contributed by atoms with Crippen molar-refractivity contribution in [3.8, 4) is 28.6 Å². The standard InChI is InChI=1S/C32H43N5O6S/c1-7-9-10-11-12-13-29-33-22(3)30-32(38)34-31(35-37(29)30)25-21-24(15-17-26(25)43-8-2)44(39,40)36(4)19-18-23-14-16-27(41-5)28(20-23)42-6/h14-17,20-21H,7-13,18-19H2,1-6H3,(H,34,35,38). The molecule has 0 aliphatic rings. The Hall–Kier alpha value is -3.90. The number of unbranched alkanes of at least 4 members (excludes halogenated alkanes) is 4. The maximum Gasteiger partial charge on any atom is 0.277 e. The molecule has 2 aromatic heterocycles. The van der Waals surface area contributed by atoms with Crippen LogP contribution in [0, 0.1) is 6.92 Å². The summed E-state index contributed by atoms with van der Waals surface area (Å²) in [5.41, 5.74) is 1.92. The van der Waals surface area contributed by atoms with Gasteiger partial charge in [-0.1, -0.05) is 38.7 Å². The Morgan fingerprint density at radius 3 is 2.36 bits per heavy atom. The number of likely N-dealkylation sites (N-methyl/N-ethyl adjacent to an activating group) is 1. The minimum absolute atomic E-state index is 0.0615. The van der Waals surface area contributed by atoms with E-state index in [4.69, 9.17) is 19.3 Å². The second kappa shape index (κ2) is 14.7. The highest BCUT2D eigenvalue weighted by atomic mass is 32.2. The lowest BCUT2D eigenvalue weighted by Gasteiger charge is -2.19. The highest BCUT2D eigenvalue weighted by Gasteiger charge is 2.24. The van der Waals surface area contributed by atoms with E-state index >= 15 is 0 Å². The van der Waals surface area contributed by atoms with Gasteiger partial charge >= 0.3 is 0 Å². The molecule has 2 aromatic carbocycles. The fourth-order valence-electron chi connectivity index (χ4n) is 5.16. The molecular formula is C32H43N5O6S. The van der Waals surface area contributed by atoms with Gasteiger partial charge < -0.3 is 19.2 Å². The van der Waals surface area contributed by atoms with Gasteiger partial charge in [-0.25, -0.2) is 22.2 Å². The molecule has 4 aromatic rings. The summed E-state index contributed by atoms with van der Waals surface area (Å²) in [6.45, 7) is 6.40. The number of nitrogens with zero attached hydrogens (tertiary/aromatic N) is 4. The topological polar surface area (TPSA) is 128 Å². The summed E-state index contributed by atoms with van der Waals surface area (Å²) >= 11 is 0. The molecule has 4 rings (SSSR count). The van der Waals surface area contributed by atoms with E-state index in [0.717, 1.165) is 31.2 Å². The quantitative estimate of drug-likeness (QED) is 0.169. The summed E-state index contributed by atoms with van der Waals surface area (Å²) in [5, 5.41) is 4.75. The van der Waals surface area contributed by atoms with Crippen molar-refractivity contribution in [1.29, 1.82) is 0 Å². The number of aryl methyl sites for hydroxylation is 2. The minimum Gasteiger partial charge on any atom is -0.493 e. The van der Waals surface area contributed by atoms with Gasteiger partial charge in [-0.3, -0.25) is 4.79 Å². The number of hydrogen-bond acceptors (Lipinski definition) is 8. The second-order valence-corrected chi connectivity index (χ2v) is 12.7. The lowest BCUT2D eigenvalue weighted by atomic mass is 10.1. The molecular weight excluding hydrogens is 582 g/mol. The Bertz CT molecular complexity index is 1750. The van der Waals surface area contributed by atoms with Crippen LogP contribution in [-0.4, -0.2) is 66.7 Å². The predicted molar refractivity (Wildman–Crippen MR) is 170 cm³/mol. The highest BCUT2D eigenvalue weighted by Crippen LogP contribution is 2.32. The Morgan fingerprint density at radius 1 is 0.932 bits per heavy atom. The van der Waals surface area contributed by atoms with Gasteiger partial charge in [-0.15, -0.1) is 5.10 Å². The molecule has 0 aliphatic carbocycles. The summed E-state index contributed by atoms with van der Waals surface area (Å²) in [4.78, 5) is 20.8. The first kappa shape index (κ1) is 33.0. The first-order valence-corrected chi connectivity index (χ1v) is 16.5. The van der Waals surface area contributed by atoms with Crippen molar-refractivity contribution < 1.29 is 22.6 Å². The first-order valence-electron chi connectivity index (χ1n) is 15.1. The van der Waals surface area contributed by atoms with Crippen LogP contribution in [0.15, 0.2) is 46.1 Å². The molecule has 0 unspecified atom stereocenters. The fourth-order valence-corrected chi connectivity index (χ4v) is 6.36. The summed E-state index contributed by atoms with van der Waals surface area (Å²) in [6.07, 6.45) is 6.67. The predicted octanol–water partition coefficient (Wildman–Crippen LogP) is 5.19. The lowest BCUT2D eigenvalue weighted by molar-refractivity contribution is 0.341. The number of methoxy groups -OCH3 is 2. The van der Waals surface area contributed by atoms with Crippen LogP contribution in [-0.2, 0) is 22.9 Å². The van der Waals surface area contributed by atoms with E-state index in [-0.39, 0.29) is 22.8 Å². The van der Waals surface area contributed by atoms with E-state index in [9.17, 15) is 13.2 Å². The molecule has 0 amide bonds. The molecule has 0 bridgehead atoms. The van der Waals surface area contributed by atoms with Crippen LogP contribution < -0.4 is 19.8 Å². The van der Waals surface area contributed by atoms with Crippen LogP contribution in [0.4, 0.5) is 0 Å². The molecule has 0 fully saturated rings. The maximum absolute atomic E-state index is 13.7. The molecule has 2 heterocycles. The minimum atomic E-state index is -3.89. The van der Waals surface area contributed by atoms with Gasteiger partial charge in [0.15, 0.2) is 22.8 Å². The molecule has 1 N–H and O–H groups in total. The second-order valence-electron chi connectivity index (χ2n) is 10.7. The van der Waals surface area contributed by atoms with Gasteiger partial charge in [0.25, 0.3) is 5.56 Å². The number of aromatic nitrogens is 4. The Morgan fingerprint density at radius 2 is 1.66 bits per heavy atom. The summed E-state index contributed by atoms with van der Waals surface area (Å²) in [7, 11) is 0.775. The summed E-state index contributed by atoms with van der Waals surface area (Å²) < 4.78 is 46.8. The first-order chi connectivity index (χ1) is 21.1. The average Bonchev–Trinajstić information content (AvgIpc) is 3.34. The number of rotatable bonds is 16. The normalized spacial score (nSPS) is 11.8. The average molecular weight is 626 g/mol. The molecule has 0 spiro atoms. The maximum atomic E-state index is 13.7. The molecule has 0 atom stereocenters. The van der Waals surface area contributed by atoms with Crippen LogP contribution in [0.5, 0.6) is 17.2 Å². The van der Waals surface area contributed by atoms with Crippen LogP contribution in [0.2, 0.25) is 0 Å². The van der Waals surface area contributed by atoms with Gasteiger partial charge in [-0.2, -0.15) is 0 Å². The molecule has 11 nitrogen and oxygen atoms in total. The number of ether oxygens (including phenoxy) is 3. The van der Waals surface area contributed by atoms with Gasteiger partial charge in [-0.05, 0) is 62.6 Å². The third kappa shape index (κ3) is 7.24. The van der Waals surface area contributed by atoms with Crippen molar-refractivity contribution in [2.45, 2.75) is 70.6 Å². The van der Waals surface area contributed by atoms with Gasteiger partial charge in [0.2, 0.25) is 10.0 Å². The zero-order chi connectivity index (χ0) is 31.9. The smallest absolute Gasteiger partial charge is 0.277 e. The molecule has 44 heavy (non-hydrogen) atoms. The van der Waals surface area contributed by atoms with Crippen LogP contribution in [0.3, 0.4) is 0 Å². The van der Waals surface area contributed by atoms with E-state index in [2.05, 4.69) is 16.9 Å². The molecule has 12 heteroatoms. The lowest BCUT2D eigenvalue weighted by Crippen LogP contribution is -2.29. The van der Waals surface area contributed by atoms with E-state index in [0.29, 0.717) is 59.3 Å². The largest absolute Gasteiger partial charge is 0.493 e. The number of imidazole rings is 1. The van der Waals surface area contributed by atoms with Crippen LogP contribution in [0.25, 0.3) is 16.9 Å². The number of benzene rings is 2. The van der Waals surface area contributed by atoms with E-state index in [1.54, 1.807) is 44.8 Å². The number of aromatic amines is 1.